The summed E-state index contributed by atoms with van der Waals surface area (Å²) in [5.74, 6) is 0.386. The Morgan fingerprint density at radius 1 is 1.35 bits per heavy atom. The Hall–Kier alpha value is -1.60. The van der Waals surface area contributed by atoms with Gasteiger partial charge in [0, 0.05) is 10.7 Å². The number of nitriles is 1. The minimum absolute atomic E-state index is 0.386. The maximum absolute atomic E-state index is 9.11. The SMILES string of the molecule is CC(C)c1ccn(-c2ccc(Br)cc2C#N)n1. The average Bonchev–Trinajstić information content (AvgIpc) is 2.78. The maximum Gasteiger partial charge on any atom is 0.101 e. The van der Waals surface area contributed by atoms with Gasteiger partial charge in [-0.1, -0.05) is 29.8 Å². The fourth-order valence-electron chi connectivity index (χ4n) is 1.58. The second-order valence-electron chi connectivity index (χ2n) is 4.11. The molecule has 1 aromatic carbocycles. The molecule has 0 unspecified atom stereocenters. The van der Waals surface area contributed by atoms with E-state index in [1.165, 1.54) is 0 Å². The molecule has 1 heterocycles. The van der Waals surface area contributed by atoms with Crippen LogP contribution >= 0.6 is 15.9 Å². The molecule has 0 radical (unpaired) electrons. The van der Waals surface area contributed by atoms with E-state index in [-0.39, 0.29) is 0 Å². The van der Waals surface area contributed by atoms with Gasteiger partial charge in [0.05, 0.1) is 16.9 Å². The van der Waals surface area contributed by atoms with Crippen LogP contribution in [0.5, 0.6) is 0 Å². The second-order valence-corrected chi connectivity index (χ2v) is 5.03. The van der Waals surface area contributed by atoms with Crippen molar-refractivity contribution in [1.82, 2.24) is 9.78 Å². The fraction of sp³-hybridized carbons (Fsp3) is 0.231. The maximum atomic E-state index is 9.11. The summed E-state index contributed by atoms with van der Waals surface area (Å²) in [6, 6.07) is 9.76. The van der Waals surface area contributed by atoms with Gasteiger partial charge in [-0.2, -0.15) is 10.4 Å². The van der Waals surface area contributed by atoms with E-state index in [4.69, 9.17) is 5.26 Å². The summed E-state index contributed by atoms with van der Waals surface area (Å²) in [6.07, 6.45) is 1.89. The molecular weight excluding hydrogens is 278 g/mol. The van der Waals surface area contributed by atoms with Gasteiger partial charge in [0.1, 0.15) is 6.07 Å². The summed E-state index contributed by atoms with van der Waals surface area (Å²) >= 11 is 3.36. The third kappa shape index (κ3) is 2.40. The minimum Gasteiger partial charge on any atom is -0.239 e. The average molecular weight is 290 g/mol. The Kier molecular flexibility index (Phi) is 3.30. The molecule has 0 saturated heterocycles. The minimum atomic E-state index is 0.386. The van der Waals surface area contributed by atoms with Crippen molar-refractivity contribution in [2.45, 2.75) is 19.8 Å². The van der Waals surface area contributed by atoms with E-state index in [0.717, 1.165) is 15.9 Å². The number of hydrogen-bond acceptors (Lipinski definition) is 2. The van der Waals surface area contributed by atoms with Crippen molar-refractivity contribution < 1.29 is 0 Å². The first-order valence-corrected chi connectivity index (χ1v) is 6.16. The molecule has 0 bridgehead atoms. The lowest BCUT2D eigenvalue weighted by Gasteiger charge is -2.05. The van der Waals surface area contributed by atoms with Crippen molar-refractivity contribution in [2.24, 2.45) is 0 Å². The van der Waals surface area contributed by atoms with Crippen LogP contribution < -0.4 is 0 Å². The number of rotatable bonds is 2. The molecule has 1 aromatic heterocycles. The molecule has 0 aliphatic carbocycles. The summed E-state index contributed by atoms with van der Waals surface area (Å²) in [7, 11) is 0. The van der Waals surface area contributed by atoms with Crippen molar-refractivity contribution in [2.75, 3.05) is 0 Å². The van der Waals surface area contributed by atoms with Gasteiger partial charge in [-0.05, 0) is 30.2 Å². The Balaban J connectivity index is 2.49. The summed E-state index contributed by atoms with van der Waals surface area (Å²) in [4.78, 5) is 0. The van der Waals surface area contributed by atoms with E-state index in [9.17, 15) is 0 Å². The van der Waals surface area contributed by atoms with Crippen LogP contribution in [0.4, 0.5) is 0 Å². The number of nitrogens with zero attached hydrogens (tertiary/aromatic N) is 3. The van der Waals surface area contributed by atoms with E-state index in [0.29, 0.717) is 11.5 Å². The third-order valence-corrected chi connectivity index (χ3v) is 3.02. The molecule has 0 fully saturated rings. The van der Waals surface area contributed by atoms with Crippen molar-refractivity contribution in [1.29, 1.82) is 5.26 Å². The monoisotopic (exact) mass is 289 g/mol. The zero-order valence-corrected chi connectivity index (χ0v) is 11.3. The first-order chi connectivity index (χ1) is 8.11. The Labute approximate surface area is 109 Å². The molecular formula is C13H12BrN3. The number of hydrogen-bond donors (Lipinski definition) is 0. The Morgan fingerprint density at radius 2 is 2.12 bits per heavy atom. The molecule has 0 atom stereocenters. The van der Waals surface area contributed by atoms with E-state index in [1.807, 2.05) is 24.4 Å². The molecule has 0 spiro atoms. The van der Waals surface area contributed by atoms with Crippen LogP contribution in [0, 0.1) is 11.3 Å². The van der Waals surface area contributed by atoms with Crippen LogP contribution in [0.1, 0.15) is 31.0 Å². The number of benzene rings is 1. The van der Waals surface area contributed by atoms with Crippen LogP contribution in [0.25, 0.3) is 5.69 Å². The van der Waals surface area contributed by atoms with E-state index in [1.54, 1.807) is 10.7 Å². The van der Waals surface area contributed by atoms with E-state index >= 15 is 0 Å². The van der Waals surface area contributed by atoms with Gasteiger partial charge in [0.15, 0.2) is 0 Å². The van der Waals surface area contributed by atoms with Gasteiger partial charge < -0.3 is 0 Å². The van der Waals surface area contributed by atoms with E-state index < -0.39 is 0 Å². The van der Waals surface area contributed by atoms with Crippen LogP contribution in [-0.2, 0) is 0 Å². The highest BCUT2D eigenvalue weighted by Gasteiger charge is 2.08. The van der Waals surface area contributed by atoms with Crippen molar-refractivity contribution in [3.63, 3.8) is 0 Å². The predicted molar refractivity (Wildman–Crippen MR) is 70.1 cm³/mol. The Morgan fingerprint density at radius 3 is 2.71 bits per heavy atom. The highest BCUT2D eigenvalue weighted by molar-refractivity contribution is 9.10. The standard InChI is InChI=1S/C13H12BrN3/c1-9(2)12-5-6-17(16-12)13-4-3-11(14)7-10(13)8-15/h3-7,9H,1-2H3. The molecule has 2 rings (SSSR count). The van der Waals surface area contributed by atoms with Crippen LogP contribution in [0.15, 0.2) is 34.9 Å². The van der Waals surface area contributed by atoms with Gasteiger partial charge in [-0.15, -0.1) is 0 Å². The fourth-order valence-corrected chi connectivity index (χ4v) is 1.94. The lowest BCUT2D eigenvalue weighted by Crippen LogP contribution is -1.99. The zero-order chi connectivity index (χ0) is 12.4. The molecule has 4 heteroatoms. The molecule has 0 aliphatic heterocycles. The summed E-state index contributed by atoms with van der Waals surface area (Å²) in [6.45, 7) is 4.19. The second kappa shape index (κ2) is 4.72. The van der Waals surface area contributed by atoms with Crippen LogP contribution in [0.3, 0.4) is 0 Å². The van der Waals surface area contributed by atoms with Gasteiger partial charge in [-0.3, -0.25) is 0 Å². The number of halogens is 1. The quantitative estimate of drug-likeness (QED) is 0.847. The molecule has 2 aromatic rings. The first-order valence-electron chi connectivity index (χ1n) is 5.37. The molecule has 0 N–H and O–H groups in total. The molecule has 0 aliphatic rings. The molecule has 17 heavy (non-hydrogen) atoms. The van der Waals surface area contributed by atoms with Gasteiger partial charge >= 0.3 is 0 Å². The zero-order valence-electron chi connectivity index (χ0n) is 9.68. The van der Waals surface area contributed by atoms with Crippen LogP contribution in [0.2, 0.25) is 0 Å². The van der Waals surface area contributed by atoms with Gasteiger partial charge in [0.2, 0.25) is 0 Å². The normalized spacial score (nSPS) is 10.5. The van der Waals surface area contributed by atoms with Gasteiger partial charge in [-0.25, -0.2) is 4.68 Å². The topological polar surface area (TPSA) is 41.6 Å². The smallest absolute Gasteiger partial charge is 0.101 e. The first kappa shape index (κ1) is 11.9. The molecule has 0 amide bonds. The highest BCUT2D eigenvalue weighted by Crippen LogP contribution is 2.20. The highest BCUT2D eigenvalue weighted by atomic mass is 79.9. The lowest BCUT2D eigenvalue weighted by molar-refractivity contribution is 0.767. The molecule has 0 saturated carbocycles. The van der Waals surface area contributed by atoms with Crippen molar-refractivity contribution >= 4 is 15.9 Å². The van der Waals surface area contributed by atoms with Crippen molar-refractivity contribution in [3.05, 3.63) is 46.2 Å². The largest absolute Gasteiger partial charge is 0.239 e. The molecule has 3 nitrogen and oxygen atoms in total. The predicted octanol–water partition coefficient (Wildman–Crippen LogP) is 3.63. The summed E-state index contributed by atoms with van der Waals surface area (Å²) in [5, 5.41) is 13.6. The van der Waals surface area contributed by atoms with Crippen LogP contribution in [-0.4, -0.2) is 9.78 Å². The third-order valence-electron chi connectivity index (χ3n) is 2.53. The molecule has 86 valence electrons. The number of aromatic nitrogens is 2. The Bertz CT molecular complexity index is 579. The van der Waals surface area contributed by atoms with E-state index in [2.05, 4.69) is 40.9 Å². The van der Waals surface area contributed by atoms with Crippen molar-refractivity contribution in [3.8, 4) is 11.8 Å². The van der Waals surface area contributed by atoms with Gasteiger partial charge in [0.25, 0.3) is 0 Å². The lowest BCUT2D eigenvalue weighted by atomic mass is 10.1. The summed E-state index contributed by atoms with van der Waals surface area (Å²) < 4.78 is 2.65. The summed E-state index contributed by atoms with van der Waals surface area (Å²) in [5.41, 5.74) is 2.44.